The average molecular weight is 691 g/mol. The number of nitrogens with zero attached hydrogens (tertiary/aromatic N) is 1. The first-order chi connectivity index (χ1) is 23.4. The van der Waals surface area contributed by atoms with Gasteiger partial charge in [-0.05, 0) is 5.56 Å². The quantitative estimate of drug-likeness (QED) is 0.0855. The number of hydrogen-bond acceptors (Lipinski definition) is 13. The predicted molar refractivity (Wildman–Crippen MR) is 168 cm³/mol. The molecule has 48 heavy (non-hydrogen) atoms. The number of carboxylic acid groups (broad SMARTS) is 2. The summed E-state index contributed by atoms with van der Waals surface area (Å²) in [6, 6.07) is 9.44. The van der Waals surface area contributed by atoms with E-state index in [1.165, 1.54) is 0 Å². The Labute approximate surface area is 280 Å². The van der Waals surface area contributed by atoms with Crippen molar-refractivity contribution in [2.75, 3.05) is 125 Å². The minimum Gasteiger partial charge on any atom is -0.480 e. The van der Waals surface area contributed by atoms with Crippen molar-refractivity contribution >= 4 is 23.9 Å². The second-order valence-corrected chi connectivity index (χ2v) is 9.67. The monoisotopic (exact) mass is 690 g/mol. The van der Waals surface area contributed by atoms with Crippen LogP contribution < -0.4 is 5.32 Å². The minimum atomic E-state index is -1.29. The summed E-state index contributed by atoms with van der Waals surface area (Å²) in [6.07, 6.45) is -0.617. The number of hydrogen-bond donors (Lipinski definition) is 3. The molecule has 274 valence electrons. The first kappa shape index (κ1) is 42.6. The Morgan fingerprint density at radius 3 is 1.31 bits per heavy atom. The van der Waals surface area contributed by atoms with Crippen LogP contribution >= 0.6 is 0 Å². The topological polar surface area (TPSA) is 207 Å². The highest BCUT2D eigenvalue weighted by atomic mass is 16.6. The maximum Gasteiger partial charge on any atom is 0.407 e. The van der Waals surface area contributed by atoms with E-state index >= 15 is 0 Å². The molecule has 0 bridgehead atoms. The van der Waals surface area contributed by atoms with Crippen molar-refractivity contribution in [1.82, 2.24) is 10.2 Å². The van der Waals surface area contributed by atoms with Gasteiger partial charge < -0.3 is 63.1 Å². The summed E-state index contributed by atoms with van der Waals surface area (Å²) in [6.45, 7) is 5.07. The van der Waals surface area contributed by atoms with Crippen LogP contribution in [0.2, 0.25) is 0 Å². The zero-order valence-corrected chi connectivity index (χ0v) is 27.4. The van der Waals surface area contributed by atoms with Gasteiger partial charge in [-0.1, -0.05) is 30.3 Å². The molecular weight excluding hydrogens is 640 g/mol. The van der Waals surface area contributed by atoms with E-state index in [4.69, 9.17) is 52.8 Å². The molecule has 0 saturated carbocycles. The molecule has 0 atom stereocenters. The fourth-order valence-corrected chi connectivity index (χ4v) is 3.52. The lowest BCUT2D eigenvalue weighted by atomic mass is 10.2. The van der Waals surface area contributed by atoms with Crippen LogP contribution in [0.25, 0.3) is 0 Å². The Bertz CT molecular complexity index is 955. The molecule has 1 rings (SSSR count). The van der Waals surface area contributed by atoms with Crippen molar-refractivity contribution in [3.63, 3.8) is 0 Å². The van der Waals surface area contributed by atoms with Crippen LogP contribution in [0, 0.1) is 0 Å². The van der Waals surface area contributed by atoms with Crippen molar-refractivity contribution in [2.24, 2.45) is 0 Å². The number of aliphatic carboxylic acids is 2. The molecule has 17 heteroatoms. The second kappa shape index (κ2) is 30.9. The van der Waals surface area contributed by atoms with Gasteiger partial charge in [-0.2, -0.15) is 0 Å². The van der Waals surface area contributed by atoms with E-state index in [9.17, 15) is 19.2 Å². The SMILES string of the molecule is O=C(O)CN(CC(=O)O)C(=O)CCOCCOCCOCCOCCOCCOCCOCCOCCNC(=O)OCc1ccccc1. The maximum absolute atomic E-state index is 11.9. The van der Waals surface area contributed by atoms with E-state index in [1.54, 1.807) is 0 Å². The molecule has 3 N–H and O–H groups in total. The van der Waals surface area contributed by atoms with Gasteiger partial charge in [-0.25, -0.2) is 4.79 Å². The van der Waals surface area contributed by atoms with E-state index in [2.05, 4.69) is 5.32 Å². The molecule has 0 unspecified atom stereocenters. The van der Waals surface area contributed by atoms with Gasteiger partial charge in [0.25, 0.3) is 0 Å². The number of carbonyl (C=O) groups is 4. The lowest BCUT2D eigenvalue weighted by molar-refractivity contribution is -0.149. The summed E-state index contributed by atoms with van der Waals surface area (Å²) in [5.74, 6) is -3.19. The largest absolute Gasteiger partial charge is 0.480 e. The smallest absolute Gasteiger partial charge is 0.407 e. The summed E-state index contributed by atoms with van der Waals surface area (Å²) in [4.78, 5) is 45.8. The van der Waals surface area contributed by atoms with Crippen molar-refractivity contribution < 1.29 is 72.0 Å². The summed E-state index contributed by atoms with van der Waals surface area (Å²) in [5, 5.41) is 20.2. The van der Waals surface area contributed by atoms with E-state index in [0.717, 1.165) is 10.5 Å². The van der Waals surface area contributed by atoms with Gasteiger partial charge in [0.15, 0.2) is 0 Å². The lowest BCUT2D eigenvalue weighted by Crippen LogP contribution is -2.39. The third-order valence-corrected chi connectivity index (χ3v) is 5.80. The predicted octanol–water partition coefficient (Wildman–Crippen LogP) is 0.434. The van der Waals surface area contributed by atoms with Gasteiger partial charge in [-0.15, -0.1) is 0 Å². The zero-order chi connectivity index (χ0) is 34.9. The third-order valence-electron chi connectivity index (χ3n) is 5.80. The van der Waals surface area contributed by atoms with Crippen LogP contribution in [0.1, 0.15) is 12.0 Å². The highest BCUT2D eigenvalue weighted by Crippen LogP contribution is 2.00. The van der Waals surface area contributed by atoms with E-state index < -0.39 is 37.0 Å². The Morgan fingerprint density at radius 1 is 0.542 bits per heavy atom. The van der Waals surface area contributed by atoms with Crippen LogP contribution in [0.5, 0.6) is 0 Å². The van der Waals surface area contributed by atoms with E-state index in [-0.39, 0.29) is 32.8 Å². The van der Waals surface area contributed by atoms with Crippen molar-refractivity contribution in [2.45, 2.75) is 13.0 Å². The molecule has 0 aliphatic rings. The molecule has 0 aromatic heterocycles. The van der Waals surface area contributed by atoms with Crippen LogP contribution in [-0.2, 0) is 63.6 Å². The first-order valence-corrected chi connectivity index (χ1v) is 15.7. The molecule has 0 saturated heterocycles. The Hall–Kier alpha value is -3.42. The second-order valence-electron chi connectivity index (χ2n) is 9.67. The highest BCUT2D eigenvalue weighted by Gasteiger charge is 2.19. The van der Waals surface area contributed by atoms with Crippen LogP contribution in [-0.4, -0.2) is 164 Å². The van der Waals surface area contributed by atoms with Crippen LogP contribution in [0.3, 0.4) is 0 Å². The van der Waals surface area contributed by atoms with Gasteiger partial charge in [-0.3, -0.25) is 14.4 Å². The van der Waals surface area contributed by atoms with E-state index in [1.807, 2.05) is 30.3 Å². The summed E-state index contributed by atoms with van der Waals surface area (Å²) in [5.41, 5.74) is 0.922. The number of rotatable bonds is 33. The van der Waals surface area contributed by atoms with E-state index in [0.29, 0.717) is 92.4 Å². The Kier molecular flexibility index (Phi) is 27.4. The van der Waals surface area contributed by atoms with Crippen LogP contribution in [0.15, 0.2) is 30.3 Å². The lowest BCUT2D eigenvalue weighted by Gasteiger charge is -2.18. The Balaban J connectivity index is 1.73. The minimum absolute atomic E-state index is 0.0214. The van der Waals surface area contributed by atoms with Crippen molar-refractivity contribution in [3.8, 4) is 0 Å². The molecular formula is C31H50N2O15. The summed E-state index contributed by atoms with van der Waals surface area (Å²) < 4.78 is 48.2. The molecule has 0 radical (unpaired) electrons. The molecule has 0 fully saturated rings. The normalized spacial score (nSPS) is 10.9. The number of carbonyl (C=O) groups excluding carboxylic acids is 2. The number of alkyl carbamates (subject to hydrolysis) is 1. The Morgan fingerprint density at radius 2 is 0.917 bits per heavy atom. The molecule has 17 nitrogen and oxygen atoms in total. The number of carboxylic acids is 2. The van der Waals surface area contributed by atoms with Gasteiger partial charge in [0.05, 0.1) is 112 Å². The first-order valence-electron chi connectivity index (χ1n) is 15.7. The summed E-state index contributed by atoms with van der Waals surface area (Å²) in [7, 11) is 0. The highest BCUT2D eigenvalue weighted by molar-refractivity contribution is 5.85. The maximum atomic E-state index is 11.9. The molecule has 1 aromatic rings. The van der Waals surface area contributed by atoms with Crippen LogP contribution in [0.4, 0.5) is 4.79 Å². The van der Waals surface area contributed by atoms with Gasteiger partial charge in [0.1, 0.15) is 19.7 Å². The number of benzene rings is 1. The molecule has 0 aliphatic carbocycles. The van der Waals surface area contributed by atoms with Gasteiger partial charge >= 0.3 is 18.0 Å². The molecule has 0 spiro atoms. The van der Waals surface area contributed by atoms with Crippen molar-refractivity contribution in [3.05, 3.63) is 35.9 Å². The van der Waals surface area contributed by atoms with Gasteiger partial charge in [0, 0.05) is 6.54 Å². The molecule has 2 amide bonds. The fourth-order valence-electron chi connectivity index (χ4n) is 3.52. The number of ether oxygens (including phenoxy) is 9. The average Bonchev–Trinajstić information content (AvgIpc) is 3.06. The van der Waals surface area contributed by atoms with Gasteiger partial charge in [0.2, 0.25) is 5.91 Å². The number of amides is 2. The molecule has 1 aromatic carbocycles. The summed E-state index contributed by atoms with van der Waals surface area (Å²) >= 11 is 0. The van der Waals surface area contributed by atoms with Crippen molar-refractivity contribution in [1.29, 1.82) is 0 Å². The molecule has 0 aliphatic heterocycles. The standard InChI is InChI=1S/C31H50N2O15/c34-28(33(24-29(35)36)25-30(37)38)6-8-40-10-12-42-14-16-44-18-20-46-22-23-47-21-19-45-17-15-43-13-11-41-9-7-32-31(39)48-26-27-4-2-1-3-5-27/h1-5H,6-26H2,(H,32,39)(H,35,36)(H,37,38). The molecule has 0 heterocycles. The third kappa shape index (κ3) is 27.7. The zero-order valence-electron chi connectivity index (χ0n) is 27.4. The fraction of sp³-hybridized carbons (Fsp3) is 0.677. The number of nitrogens with one attached hydrogen (secondary N) is 1.